The topological polar surface area (TPSA) is 58.2 Å². The molecule has 0 saturated carbocycles. The Kier molecular flexibility index (Phi) is 6.54. The van der Waals surface area contributed by atoms with Crippen LogP contribution in [-0.2, 0) is 10.0 Å². The first-order valence-electron chi connectivity index (χ1n) is 4.72. The van der Waals surface area contributed by atoms with E-state index in [0.29, 0.717) is 13.0 Å². The predicted octanol–water partition coefficient (Wildman–Crippen LogP) is -0.0729. The first kappa shape index (κ1) is 13.4. The first-order valence-corrected chi connectivity index (χ1v) is 6.37. The molecule has 5 heteroatoms. The zero-order chi connectivity index (χ0) is 11.0. The molecule has 0 rings (SSSR count). The molecule has 0 aliphatic carbocycles. The van der Waals surface area contributed by atoms with Crippen LogP contribution in [0.5, 0.6) is 0 Å². The van der Waals surface area contributed by atoms with Crippen molar-refractivity contribution in [2.24, 2.45) is 0 Å². The van der Waals surface area contributed by atoms with E-state index in [2.05, 4.69) is 16.0 Å². The predicted molar refractivity (Wildman–Crippen MR) is 58.4 cm³/mol. The zero-order valence-electron chi connectivity index (χ0n) is 8.71. The van der Waals surface area contributed by atoms with Crippen LogP contribution < -0.4 is 10.0 Å². The SMILES string of the molecule is C#CC(CC)NS(=O)(=O)CCNCC. The summed E-state index contributed by atoms with van der Waals surface area (Å²) in [5.74, 6) is 2.46. The van der Waals surface area contributed by atoms with Crippen LogP contribution in [0.25, 0.3) is 0 Å². The van der Waals surface area contributed by atoms with Crippen molar-refractivity contribution < 1.29 is 8.42 Å². The molecule has 0 aliphatic rings. The lowest BCUT2D eigenvalue weighted by Gasteiger charge is -2.11. The van der Waals surface area contributed by atoms with Gasteiger partial charge in [0, 0.05) is 6.54 Å². The van der Waals surface area contributed by atoms with Gasteiger partial charge in [-0.25, -0.2) is 13.1 Å². The number of sulfonamides is 1. The Morgan fingerprint density at radius 3 is 2.50 bits per heavy atom. The molecule has 0 saturated heterocycles. The van der Waals surface area contributed by atoms with Gasteiger partial charge in [0.25, 0.3) is 0 Å². The molecule has 82 valence electrons. The fourth-order valence-electron chi connectivity index (χ4n) is 0.894. The number of nitrogens with one attached hydrogen (secondary N) is 2. The van der Waals surface area contributed by atoms with E-state index in [9.17, 15) is 8.42 Å². The van der Waals surface area contributed by atoms with Crippen LogP contribution in [0.2, 0.25) is 0 Å². The maximum absolute atomic E-state index is 11.4. The Labute approximate surface area is 86.5 Å². The minimum absolute atomic E-state index is 0.0685. The molecule has 0 aliphatic heterocycles. The molecule has 0 aromatic carbocycles. The molecule has 4 nitrogen and oxygen atoms in total. The van der Waals surface area contributed by atoms with Crippen molar-refractivity contribution in [1.82, 2.24) is 10.0 Å². The van der Waals surface area contributed by atoms with Gasteiger partial charge in [-0.2, -0.15) is 0 Å². The highest BCUT2D eigenvalue weighted by Crippen LogP contribution is 1.92. The second-order valence-electron chi connectivity index (χ2n) is 2.92. The van der Waals surface area contributed by atoms with Crippen molar-refractivity contribution >= 4 is 10.0 Å². The second kappa shape index (κ2) is 6.82. The summed E-state index contributed by atoms with van der Waals surface area (Å²) in [6, 6.07) is -0.387. The van der Waals surface area contributed by atoms with Crippen molar-refractivity contribution in [2.75, 3.05) is 18.8 Å². The molecular weight excluding hydrogens is 200 g/mol. The van der Waals surface area contributed by atoms with Gasteiger partial charge in [0.2, 0.25) is 10.0 Å². The summed E-state index contributed by atoms with van der Waals surface area (Å²) in [5, 5.41) is 2.94. The Hall–Kier alpha value is -0.570. The molecule has 1 atom stereocenters. The average Bonchev–Trinajstić information content (AvgIpc) is 2.14. The van der Waals surface area contributed by atoms with Crippen LogP contribution in [0.3, 0.4) is 0 Å². The van der Waals surface area contributed by atoms with Gasteiger partial charge >= 0.3 is 0 Å². The number of hydrogen-bond donors (Lipinski definition) is 2. The van der Waals surface area contributed by atoms with Gasteiger partial charge in [-0.05, 0) is 13.0 Å². The van der Waals surface area contributed by atoms with Crippen molar-refractivity contribution in [3.63, 3.8) is 0 Å². The lowest BCUT2D eigenvalue weighted by atomic mass is 10.3. The molecular formula is C9H18N2O2S. The minimum Gasteiger partial charge on any atom is -0.316 e. The lowest BCUT2D eigenvalue weighted by molar-refractivity contribution is 0.567. The van der Waals surface area contributed by atoms with Gasteiger partial charge in [-0.3, -0.25) is 0 Å². The quantitative estimate of drug-likeness (QED) is 0.464. The van der Waals surface area contributed by atoms with Crippen LogP contribution in [0, 0.1) is 12.3 Å². The standard InChI is InChI=1S/C9H18N2O2S/c1-4-9(5-2)11-14(12,13)8-7-10-6-3/h1,9-11H,5-8H2,2-3H3. The number of rotatable bonds is 7. The highest BCUT2D eigenvalue weighted by molar-refractivity contribution is 7.89. The summed E-state index contributed by atoms with van der Waals surface area (Å²) in [6.07, 6.45) is 5.76. The maximum atomic E-state index is 11.4. The largest absolute Gasteiger partial charge is 0.316 e. The fraction of sp³-hybridized carbons (Fsp3) is 0.778. The van der Waals surface area contributed by atoms with Crippen LogP contribution in [0.4, 0.5) is 0 Å². The van der Waals surface area contributed by atoms with E-state index >= 15 is 0 Å². The molecule has 0 bridgehead atoms. The second-order valence-corrected chi connectivity index (χ2v) is 4.79. The fourth-order valence-corrected chi connectivity index (χ4v) is 2.09. The van der Waals surface area contributed by atoms with Gasteiger partial charge < -0.3 is 5.32 Å². The summed E-state index contributed by atoms with van der Waals surface area (Å²) in [6.45, 7) is 4.99. The molecule has 0 spiro atoms. The summed E-state index contributed by atoms with van der Waals surface area (Å²) in [4.78, 5) is 0. The molecule has 0 amide bonds. The molecule has 0 fully saturated rings. The van der Waals surface area contributed by atoms with Crippen LogP contribution in [0.1, 0.15) is 20.3 Å². The van der Waals surface area contributed by atoms with E-state index in [-0.39, 0.29) is 11.8 Å². The molecule has 2 N–H and O–H groups in total. The Balaban J connectivity index is 4.02. The number of terminal acetylenes is 1. The van der Waals surface area contributed by atoms with Gasteiger partial charge in [0.1, 0.15) is 0 Å². The van der Waals surface area contributed by atoms with E-state index in [1.165, 1.54) is 0 Å². The third-order valence-corrected chi connectivity index (χ3v) is 3.11. The molecule has 0 aromatic rings. The smallest absolute Gasteiger partial charge is 0.213 e. The average molecular weight is 218 g/mol. The molecule has 1 unspecified atom stereocenters. The minimum atomic E-state index is -3.23. The van der Waals surface area contributed by atoms with E-state index in [4.69, 9.17) is 6.42 Å². The Morgan fingerprint density at radius 2 is 2.07 bits per heavy atom. The monoisotopic (exact) mass is 218 g/mol. The third kappa shape index (κ3) is 5.97. The van der Waals surface area contributed by atoms with E-state index in [1.54, 1.807) is 0 Å². The molecule has 0 radical (unpaired) electrons. The zero-order valence-corrected chi connectivity index (χ0v) is 9.52. The highest BCUT2D eigenvalue weighted by Gasteiger charge is 2.13. The maximum Gasteiger partial charge on any atom is 0.213 e. The summed E-state index contributed by atoms with van der Waals surface area (Å²) in [7, 11) is -3.23. The van der Waals surface area contributed by atoms with E-state index < -0.39 is 10.0 Å². The van der Waals surface area contributed by atoms with E-state index in [0.717, 1.165) is 6.54 Å². The summed E-state index contributed by atoms with van der Waals surface area (Å²) in [5.41, 5.74) is 0. The normalized spacial score (nSPS) is 13.5. The van der Waals surface area contributed by atoms with Crippen LogP contribution in [-0.4, -0.2) is 33.3 Å². The number of hydrogen-bond acceptors (Lipinski definition) is 3. The lowest BCUT2D eigenvalue weighted by Crippen LogP contribution is -2.37. The first-order chi connectivity index (χ1) is 6.55. The summed E-state index contributed by atoms with van der Waals surface area (Å²) < 4.78 is 25.2. The van der Waals surface area contributed by atoms with Crippen molar-refractivity contribution in [2.45, 2.75) is 26.3 Å². The highest BCUT2D eigenvalue weighted by atomic mass is 32.2. The van der Waals surface area contributed by atoms with Gasteiger partial charge in [0.05, 0.1) is 11.8 Å². The van der Waals surface area contributed by atoms with Gasteiger partial charge in [-0.15, -0.1) is 6.42 Å². The summed E-state index contributed by atoms with van der Waals surface area (Å²) >= 11 is 0. The van der Waals surface area contributed by atoms with Gasteiger partial charge in [0.15, 0.2) is 0 Å². The van der Waals surface area contributed by atoms with Crippen molar-refractivity contribution in [1.29, 1.82) is 0 Å². The van der Waals surface area contributed by atoms with Crippen LogP contribution in [0.15, 0.2) is 0 Å². The molecule has 0 heterocycles. The Bertz CT molecular complexity index is 280. The van der Waals surface area contributed by atoms with E-state index in [1.807, 2.05) is 13.8 Å². The third-order valence-electron chi connectivity index (χ3n) is 1.73. The van der Waals surface area contributed by atoms with Crippen molar-refractivity contribution in [3.8, 4) is 12.3 Å². The van der Waals surface area contributed by atoms with Crippen molar-refractivity contribution in [3.05, 3.63) is 0 Å². The van der Waals surface area contributed by atoms with Gasteiger partial charge in [-0.1, -0.05) is 19.8 Å². The molecule has 14 heavy (non-hydrogen) atoms. The molecule has 0 aromatic heterocycles. The van der Waals surface area contributed by atoms with Crippen LogP contribution >= 0.6 is 0 Å². The Morgan fingerprint density at radius 1 is 1.43 bits per heavy atom.